The Morgan fingerprint density at radius 3 is 1.81 bits per heavy atom. The summed E-state index contributed by atoms with van der Waals surface area (Å²) in [6, 6.07) is 0. The van der Waals surface area contributed by atoms with Gasteiger partial charge in [-0.1, -0.05) is 107 Å². The molecule has 0 amide bonds. The molecule has 0 spiro atoms. The Balaban J connectivity index is 0. The van der Waals surface area contributed by atoms with E-state index in [0.29, 0.717) is 10.8 Å². The Morgan fingerprint density at radius 2 is 1.45 bits per heavy atom. The molecule has 2 aliphatic rings. The van der Waals surface area contributed by atoms with E-state index in [0.717, 1.165) is 29.6 Å². The van der Waals surface area contributed by atoms with Gasteiger partial charge in [-0.3, -0.25) is 0 Å². The van der Waals surface area contributed by atoms with Crippen LogP contribution in [0.4, 0.5) is 0 Å². The molecule has 2 rings (SSSR count). The Kier molecular flexibility index (Phi) is 16.8. The highest BCUT2D eigenvalue weighted by molar-refractivity contribution is 5.11. The molecule has 0 heterocycles. The second-order valence-electron chi connectivity index (χ2n) is 11.6. The average molecular weight is 433 g/mol. The number of rotatable bonds is 4. The predicted octanol–water partition coefficient (Wildman–Crippen LogP) is 10.6. The molecule has 0 aromatic rings. The quantitative estimate of drug-likeness (QED) is 0.306. The second-order valence-corrected chi connectivity index (χ2v) is 11.6. The zero-order chi connectivity index (χ0) is 24.8. The van der Waals surface area contributed by atoms with E-state index in [1.807, 2.05) is 0 Å². The van der Waals surface area contributed by atoms with Crippen molar-refractivity contribution >= 4 is 0 Å². The number of hydrogen-bond donors (Lipinski definition) is 0. The summed E-state index contributed by atoms with van der Waals surface area (Å²) in [6.45, 7) is 29.9. The van der Waals surface area contributed by atoms with Gasteiger partial charge in [0.15, 0.2) is 0 Å². The van der Waals surface area contributed by atoms with E-state index >= 15 is 0 Å². The van der Waals surface area contributed by atoms with E-state index in [-0.39, 0.29) is 0 Å². The molecule has 0 N–H and O–H groups in total. The summed E-state index contributed by atoms with van der Waals surface area (Å²) in [7, 11) is 0. The maximum atomic E-state index is 4.33. The standard InChI is InChI=1S/C21H38.C5H12.C3H8.C2H2/c1-8-18-14-19(10-12-20(18,6)15(2)3)21(7)11-9-16(4)13-17(21)5;1-4-5(2)3;1-3-2;1-2/h16-19H,2,8-14H2,1,3-7H3;5H,4H2,1-3H3;3H2,1-2H3;1-2H. The molecule has 6 unspecified atom stereocenters. The zero-order valence-corrected chi connectivity index (χ0v) is 23.6. The summed E-state index contributed by atoms with van der Waals surface area (Å²) in [4.78, 5) is 0. The Morgan fingerprint density at radius 1 is 0.968 bits per heavy atom. The van der Waals surface area contributed by atoms with Gasteiger partial charge in [-0.15, -0.1) is 12.8 Å². The molecule has 184 valence electrons. The highest BCUT2D eigenvalue weighted by atomic mass is 14.5. The number of allylic oxidation sites excluding steroid dienone is 1. The third kappa shape index (κ3) is 9.76. The van der Waals surface area contributed by atoms with Gasteiger partial charge in [0.2, 0.25) is 0 Å². The minimum absolute atomic E-state index is 0.396. The third-order valence-corrected chi connectivity index (χ3v) is 8.76. The Hall–Kier alpha value is -0.700. The van der Waals surface area contributed by atoms with Crippen LogP contribution in [0.5, 0.6) is 0 Å². The molecule has 2 saturated carbocycles. The van der Waals surface area contributed by atoms with Gasteiger partial charge >= 0.3 is 0 Å². The molecule has 31 heavy (non-hydrogen) atoms. The third-order valence-electron chi connectivity index (χ3n) is 8.76. The summed E-state index contributed by atoms with van der Waals surface area (Å²) >= 11 is 0. The summed E-state index contributed by atoms with van der Waals surface area (Å²) in [6.07, 6.45) is 20.5. The molecule has 0 nitrogen and oxygen atoms in total. The fourth-order valence-corrected chi connectivity index (χ4v) is 5.58. The molecular weight excluding hydrogens is 372 g/mol. The van der Waals surface area contributed by atoms with Crippen LogP contribution in [-0.4, -0.2) is 0 Å². The molecule has 0 radical (unpaired) electrons. The van der Waals surface area contributed by atoms with Crippen LogP contribution in [0.15, 0.2) is 12.2 Å². The van der Waals surface area contributed by atoms with E-state index in [4.69, 9.17) is 0 Å². The fourth-order valence-electron chi connectivity index (χ4n) is 5.58. The van der Waals surface area contributed by atoms with Crippen molar-refractivity contribution in [3.05, 3.63) is 12.2 Å². The lowest BCUT2D eigenvalue weighted by molar-refractivity contribution is -0.0242. The lowest BCUT2D eigenvalue weighted by atomic mass is 9.51. The first-order valence-corrected chi connectivity index (χ1v) is 13.4. The normalized spacial score (nSPS) is 34.8. The summed E-state index contributed by atoms with van der Waals surface area (Å²) in [5.74, 6) is 4.52. The predicted molar refractivity (Wildman–Crippen MR) is 145 cm³/mol. The van der Waals surface area contributed by atoms with E-state index in [9.17, 15) is 0 Å². The lowest BCUT2D eigenvalue weighted by Crippen LogP contribution is -2.44. The van der Waals surface area contributed by atoms with Gasteiger partial charge in [0.1, 0.15) is 0 Å². The zero-order valence-electron chi connectivity index (χ0n) is 23.6. The van der Waals surface area contributed by atoms with Crippen molar-refractivity contribution < 1.29 is 0 Å². The van der Waals surface area contributed by atoms with Crippen LogP contribution in [0.1, 0.15) is 134 Å². The molecule has 0 saturated heterocycles. The molecular formula is C31H60. The smallest absolute Gasteiger partial charge is 0.00935 e. The van der Waals surface area contributed by atoms with Gasteiger partial charge in [-0.25, -0.2) is 0 Å². The highest BCUT2D eigenvalue weighted by Gasteiger charge is 2.48. The van der Waals surface area contributed by atoms with Crippen LogP contribution in [0, 0.1) is 53.3 Å². The molecule has 0 bridgehead atoms. The SMILES string of the molecule is C#C.C=C(C)C1(C)CCC(C2(C)CCC(C)CC2C)CC1CC.CCC.CCC(C)C. The maximum Gasteiger partial charge on any atom is -0.00935 e. The van der Waals surface area contributed by atoms with Crippen molar-refractivity contribution in [3.63, 3.8) is 0 Å². The first-order chi connectivity index (χ1) is 14.4. The number of terminal acetylenes is 1. The Labute approximate surface area is 199 Å². The summed E-state index contributed by atoms with van der Waals surface area (Å²) < 4.78 is 0. The monoisotopic (exact) mass is 432 g/mol. The van der Waals surface area contributed by atoms with Crippen LogP contribution >= 0.6 is 0 Å². The van der Waals surface area contributed by atoms with Gasteiger partial charge in [-0.05, 0) is 79.4 Å². The highest BCUT2D eigenvalue weighted by Crippen LogP contribution is 2.58. The first-order valence-electron chi connectivity index (χ1n) is 13.4. The van der Waals surface area contributed by atoms with Crippen molar-refractivity contribution in [1.82, 2.24) is 0 Å². The largest absolute Gasteiger partial charge is 0.124 e. The second kappa shape index (κ2) is 16.0. The van der Waals surface area contributed by atoms with Crippen LogP contribution in [0.2, 0.25) is 0 Å². The average Bonchev–Trinajstić information content (AvgIpc) is 2.73. The van der Waals surface area contributed by atoms with Crippen molar-refractivity contribution in [2.45, 2.75) is 134 Å². The van der Waals surface area contributed by atoms with Crippen LogP contribution in [0.3, 0.4) is 0 Å². The molecule has 2 fully saturated rings. The molecule has 0 heteroatoms. The van der Waals surface area contributed by atoms with Crippen LogP contribution < -0.4 is 0 Å². The van der Waals surface area contributed by atoms with Crippen molar-refractivity contribution in [3.8, 4) is 12.8 Å². The number of hydrogen-bond acceptors (Lipinski definition) is 0. The lowest BCUT2D eigenvalue weighted by Gasteiger charge is -2.54. The van der Waals surface area contributed by atoms with Crippen LogP contribution in [-0.2, 0) is 0 Å². The minimum atomic E-state index is 0.396. The fraction of sp³-hybridized carbons (Fsp3) is 0.871. The van der Waals surface area contributed by atoms with E-state index in [1.165, 1.54) is 63.4 Å². The molecule has 6 atom stereocenters. The topological polar surface area (TPSA) is 0 Å². The maximum absolute atomic E-state index is 4.33. The molecule has 0 aromatic heterocycles. The molecule has 0 aromatic carbocycles. The van der Waals surface area contributed by atoms with Crippen molar-refractivity contribution in [2.75, 3.05) is 0 Å². The molecule has 2 aliphatic carbocycles. The van der Waals surface area contributed by atoms with E-state index < -0.39 is 0 Å². The molecule has 0 aliphatic heterocycles. The summed E-state index contributed by atoms with van der Waals surface area (Å²) in [5, 5.41) is 0. The van der Waals surface area contributed by atoms with Crippen molar-refractivity contribution in [1.29, 1.82) is 0 Å². The van der Waals surface area contributed by atoms with Gasteiger partial charge in [-0.2, -0.15) is 0 Å². The van der Waals surface area contributed by atoms with Gasteiger partial charge in [0.25, 0.3) is 0 Å². The first kappa shape index (κ1) is 32.5. The summed E-state index contributed by atoms with van der Waals surface area (Å²) in [5.41, 5.74) is 2.41. The van der Waals surface area contributed by atoms with Crippen LogP contribution in [0.25, 0.3) is 0 Å². The van der Waals surface area contributed by atoms with Gasteiger partial charge in [0.05, 0.1) is 0 Å². The van der Waals surface area contributed by atoms with Crippen molar-refractivity contribution in [2.24, 2.45) is 40.4 Å². The van der Waals surface area contributed by atoms with Gasteiger partial charge in [0, 0.05) is 0 Å². The Bertz CT molecular complexity index is 484. The van der Waals surface area contributed by atoms with Gasteiger partial charge < -0.3 is 0 Å². The van der Waals surface area contributed by atoms with E-state index in [2.05, 4.69) is 95.6 Å². The van der Waals surface area contributed by atoms with E-state index in [1.54, 1.807) is 0 Å². The minimum Gasteiger partial charge on any atom is -0.124 e.